The van der Waals surface area contributed by atoms with Crippen molar-refractivity contribution in [2.45, 2.75) is 39.2 Å². The summed E-state index contributed by atoms with van der Waals surface area (Å²) in [5, 5.41) is 15.1. The lowest BCUT2D eigenvalue weighted by Gasteiger charge is -2.12. The quantitative estimate of drug-likeness (QED) is 0.308. The van der Waals surface area contributed by atoms with E-state index < -0.39 is 0 Å². The first-order valence-corrected chi connectivity index (χ1v) is 7.34. The van der Waals surface area contributed by atoms with Crippen LogP contribution in [0.2, 0.25) is 0 Å². The minimum absolute atomic E-state index is 0. The lowest BCUT2D eigenvalue weighted by atomic mass is 10.1. The molecule has 6 heteroatoms. The predicted molar refractivity (Wildman–Crippen MR) is 98.9 cm³/mol. The molecule has 0 saturated carbocycles. The van der Waals surface area contributed by atoms with Gasteiger partial charge in [-0.25, -0.2) is 4.39 Å². The second-order valence-electron chi connectivity index (χ2n) is 4.83. The maximum absolute atomic E-state index is 13.6. The van der Waals surface area contributed by atoms with Crippen LogP contribution in [0.3, 0.4) is 0 Å². The summed E-state index contributed by atoms with van der Waals surface area (Å²) >= 11 is 0. The molecule has 0 fully saturated rings. The number of rotatable bonds is 7. The number of unbranched alkanes of at least 4 members (excludes halogenated alkanes) is 3. The predicted octanol–water partition coefficient (Wildman–Crippen LogP) is 3.56. The highest BCUT2D eigenvalue weighted by Gasteiger charge is 2.05. The van der Waals surface area contributed by atoms with Gasteiger partial charge in [0.1, 0.15) is 5.82 Å². The van der Waals surface area contributed by atoms with E-state index in [1.54, 1.807) is 13.1 Å². The summed E-state index contributed by atoms with van der Waals surface area (Å²) in [6.45, 7) is 3.33. The third kappa shape index (κ3) is 7.59. The fourth-order valence-electron chi connectivity index (χ4n) is 1.94. The Labute approximate surface area is 149 Å². The second kappa shape index (κ2) is 12.2. The Kier molecular flexibility index (Phi) is 11.5. The first-order valence-electron chi connectivity index (χ1n) is 7.34. The Morgan fingerprint density at radius 2 is 2.05 bits per heavy atom. The van der Waals surface area contributed by atoms with E-state index in [0.29, 0.717) is 23.6 Å². The van der Waals surface area contributed by atoms with Crippen molar-refractivity contribution in [2.75, 3.05) is 13.6 Å². The minimum Gasteiger partial charge on any atom is -0.356 e. The monoisotopic (exact) mass is 418 g/mol. The van der Waals surface area contributed by atoms with Crippen LogP contribution < -0.4 is 10.6 Å². The maximum atomic E-state index is 13.6. The zero-order valence-corrected chi connectivity index (χ0v) is 15.5. The lowest BCUT2D eigenvalue weighted by molar-refractivity contribution is 0.603. The number of hydrogen-bond donors (Lipinski definition) is 2. The minimum atomic E-state index is -0.320. The number of halogens is 2. The highest BCUT2D eigenvalue weighted by Crippen LogP contribution is 2.09. The molecular weight excluding hydrogens is 394 g/mol. The van der Waals surface area contributed by atoms with Crippen LogP contribution in [0.5, 0.6) is 0 Å². The molecule has 0 unspecified atom stereocenters. The van der Waals surface area contributed by atoms with Gasteiger partial charge in [-0.1, -0.05) is 26.2 Å². The van der Waals surface area contributed by atoms with Gasteiger partial charge in [-0.05, 0) is 24.6 Å². The Hall–Kier alpha value is -1.36. The normalized spacial score (nSPS) is 10.5. The molecule has 0 aromatic heterocycles. The van der Waals surface area contributed by atoms with Crippen LogP contribution in [-0.2, 0) is 6.54 Å². The van der Waals surface area contributed by atoms with Crippen LogP contribution in [-0.4, -0.2) is 19.6 Å². The van der Waals surface area contributed by atoms with E-state index in [1.165, 1.54) is 31.4 Å². The average Bonchev–Trinajstić information content (AvgIpc) is 2.51. The van der Waals surface area contributed by atoms with Gasteiger partial charge in [0, 0.05) is 25.7 Å². The molecule has 0 amide bonds. The third-order valence-corrected chi connectivity index (χ3v) is 3.17. The molecule has 0 aliphatic rings. The van der Waals surface area contributed by atoms with Gasteiger partial charge in [-0.3, -0.25) is 4.99 Å². The summed E-state index contributed by atoms with van der Waals surface area (Å²) in [5.74, 6) is 0.327. The SMILES string of the molecule is CCCCCCNC(=NC)NCc1cc(C#N)ccc1F.I. The van der Waals surface area contributed by atoms with Crippen molar-refractivity contribution < 1.29 is 4.39 Å². The van der Waals surface area contributed by atoms with Gasteiger partial charge in [-0.15, -0.1) is 24.0 Å². The topological polar surface area (TPSA) is 60.2 Å². The molecule has 0 spiro atoms. The number of hydrogen-bond acceptors (Lipinski definition) is 2. The molecule has 2 N–H and O–H groups in total. The summed E-state index contributed by atoms with van der Waals surface area (Å²) < 4.78 is 13.6. The molecule has 122 valence electrons. The van der Waals surface area contributed by atoms with Crippen molar-refractivity contribution in [2.24, 2.45) is 4.99 Å². The standard InChI is InChI=1S/C16H23FN4.HI/c1-3-4-5-6-9-20-16(19-2)21-12-14-10-13(11-18)7-8-15(14)17;/h7-8,10H,3-6,9,12H2,1-2H3,(H2,19,20,21);1H. The highest BCUT2D eigenvalue weighted by molar-refractivity contribution is 14.0. The summed E-state index contributed by atoms with van der Waals surface area (Å²) in [5.41, 5.74) is 0.915. The maximum Gasteiger partial charge on any atom is 0.191 e. The van der Waals surface area contributed by atoms with Gasteiger partial charge in [-0.2, -0.15) is 5.26 Å². The Morgan fingerprint density at radius 3 is 2.68 bits per heavy atom. The van der Waals surface area contributed by atoms with Gasteiger partial charge >= 0.3 is 0 Å². The van der Waals surface area contributed by atoms with E-state index in [4.69, 9.17) is 5.26 Å². The van der Waals surface area contributed by atoms with Gasteiger partial charge in [0.25, 0.3) is 0 Å². The van der Waals surface area contributed by atoms with Crippen LogP contribution in [0.4, 0.5) is 4.39 Å². The van der Waals surface area contributed by atoms with Crippen molar-refractivity contribution >= 4 is 29.9 Å². The van der Waals surface area contributed by atoms with Crippen LogP contribution in [0.15, 0.2) is 23.2 Å². The second-order valence-corrected chi connectivity index (χ2v) is 4.83. The van der Waals surface area contributed by atoms with Gasteiger partial charge in [0.05, 0.1) is 11.6 Å². The fourth-order valence-corrected chi connectivity index (χ4v) is 1.94. The smallest absolute Gasteiger partial charge is 0.191 e. The molecule has 0 radical (unpaired) electrons. The van der Waals surface area contributed by atoms with Gasteiger partial charge in [0.15, 0.2) is 5.96 Å². The van der Waals surface area contributed by atoms with E-state index in [0.717, 1.165) is 13.0 Å². The molecule has 1 aromatic rings. The van der Waals surface area contributed by atoms with E-state index in [1.807, 2.05) is 6.07 Å². The van der Waals surface area contributed by atoms with Crippen molar-refractivity contribution in [1.82, 2.24) is 10.6 Å². The average molecular weight is 418 g/mol. The zero-order valence-electron chi connectivity index (χ0n) is 13.2. The Bertz CT molecular complexity index is 511. The summed E-state index contributed by atoms with van der Waals surface area (Å²) in [6.07, 6.45) is 4.73. The summed E-state index contributed by atoms with van der Waals surface area (Å²) in [4.78, 5) is 4.10. The van der Waals surface area contributed by atoms with E-state index in [2.05, 4.69) is 22.5 Å². The first kappa shape index (κ1) is 20.6. The van der Waals surface area contributed by atoms with Crippen molar-refractivity contribution in [1.29, 1.82) is 5.26 Å². The van der Waals surface area contributed by atoms with Crippen molar-refractivity contribution in [3.8, 4) is 6.07 Å². The largest absolute Gasteiger partial charge is 0.356 e. The van der Waals surface area contributed by atoms with Gasteiger partial charge < -0.3 is 10.6 Å². The van der Waals surface area contributed by atoms with Crippen LogP contribution >= 0.6 is 24.0 Å². The number of benzene rings is 1. The van der Waals surface area contributed by atoms with Crippen molar-refractivity contribution in [3.05, 3.63) is 35.1 Å². The molecule has 4 nitrogen and oxygen atoms in total. The van der Waals surface area contributed by atoms with E-state index in [-0.39, 0.29) is 29.8 Å². The molecule has 22 heavy (non-hydrogen) atoms. The van der Waals surface area contributed by atoms with E-state index >= 15 is 0 Å². The molecular formula is C16H24FIN4. The molecule has 0 aliphatic heterocycles. The third-order valence-electron chi connectivity index (χ3n) is 3.17. The van der Waals surface area contributed by atoms with E-state index in [9.17, 15) is 4.39 Å². The molecule has 0 bridgehead atoms. The molecule has 0 saturated heterocycles. The molecule has 0 heterocycles. The molecule has 1 aromatic carbocycles. The highest BCUT2D eigenvalue weighted by atomic mass is 127. The molecule has 0 atom stereocenters. The fraction of sp³-hybridized carbons (Fsp3) is 0.500. The Balaban J connectivity index is 0.00000441. The number of nitrogens with one attached hydrogen (secondary N) is 2. The molecule has 0 aliphatic carbocycles. The number of guanidine groups is 1. The summed E-state index contributed by atoms with van der Waals surface area (Å²) in [7, 11) is 1.68. The zero-order chi connectivity index (χ0) is 15.5. The molecule has 1 rings (SSSR count). The number of nitrogens with zero attached hydrogens (tertiary/aromatic N) is 2. The van der Waals surface area contributed by atoms with Gasteiger partial charge in [0.2, 0.25) is 0 Å². The van der Waals surface area contributed by atoms with Crippen LogP contribution in [0.1, 0.15) is 43.7 Å². The van der Waals surface area contributed by atoms with Crippen LogP contribution in [0, 0.1) is 17.1 Å². The van der Waals surface area contributed by atoms with Crippen molar-refractivity contribution in [3.63, 3.8) is 0 Å². The lowest BCUT2D eigenvalue weighted by Crippen LogP contribution is -2.37. The van der Waals surface area contributed by atoms with Crippen LogP contribution in [0.25, 0.3) is 0 Å². The number of nitriles is 1. The Morgan fingerprint density at radius 1 is 1.27 bits per heavy atom. The summed E-state index contributed by atoms with van der Waals surface area (Å²) in [6, 6.07) is 6.35. The first-order chi connectivity index (χ1) is 10.2. The number of aliphatic imine (C=N–C) groups is 1.